The minimum absolute atomic E-state index is 0.0639. The van der Waals surface area contributed by atoms with Gasteiger partial charge in [-0.15, -0.1) is 0 Å². The van der Waals surface area contributed by atoms with Gasteiger partial charge >= 0.3 is 0 Å². The molecule has 0 unspecified atom stereocenters. The Kier molecular flexibility index (Phi) is 8.23. The van der Waals surface area contributed by atoms with Gasteiger partial charge < -0.3 is 5.73 Å². The monoisotopic (exact) mass is 337 g/mol. The quantitative estimate of drug-likeness (QED) is 0.775. The van der Waals surface area contributed by atoms with Crippen molar-refractivity contribution in [3.8, 4) is 0 Å². The van der Waals surface area contributed by atoms with E-state index in [9.17, 15) is 13.0 Å². The molecule has 2 aromatic rings. The molecular weight excluding hydrogens is 310 g/mol. The van der Waals surface area contributed by atoms with Crippen molar-refractivity contribution in [1.29, 1.82) is 0 Å². The van der Waals surface area contributed by atoms with Crippen molar-refractivity contribution in [3.63, 3.8) is 0 Å². The van der Waals surface area contributed by atoms with Crippen molar-refractivity contribution in [2.45, 2.75) is 50.8 Å². The molecule has 0 radical (unpaired) electrons. The molecule has 5 heteroatoms. The molecule has 0 fully saturated rings. The highest BCUT2D eigenvalue weighted by atomic mass is 32.2. The molecule has 0 aliphatic heterocycles. The van der Waals surface area contributed by atoms with Crippen LogP contribution in [-0.2, 0) is 16.5 Å². The lowest BCUT2D eigenvalue weighted by Crippen LogP contribution is -2.04. The van der Waals surface area contributed by atoms with Gasteiger partial charge in [-0.2, -0.15) is 8.42 Å². The van der Waals surface area contributed by atoms with Gasteiger partial charge in [-0.3, -0.25) is 4.55 Å². The van der Waals surface area contributed by atoms with Gasteiger partial charge in [-0.05, 0) is 36.8 Å². The van der Waals surface area contributed by atoms with Gasteiger partial charge in [0.05, 0.1) is 0 Å². The molecule has 128 valence electrons. The highest BCUT2D eigenvalue weighted by Crippen LogP contribution is 2.27. The fourth-order valence-corrected chi connectivity index (χ4v) is 3.33. The van der Waals surface area contributed by atoms with Gasteiger partial charge in [0.2, 0.25) is 0 Å². The molecule has 2 aromatic carbocycles. The fraction of sp³-hybridized carbons (Fsp3) is 0.444. The summed E-state index contributed by atoms with van der Waals surface area (Å²) >= 11 is 0. The number of aryl methyl sites for hydroxylation is 1. The molecule has 4 nitrogen and oxygen atoms in total. The largest absolute Gasteiger partial charge is 0.330 e. The SMILES string of the molecule is CCCCN.CCCCc1ccc2ccccc2c1S(=O)(=O)O. The van der Waals surface area contributed by atoms with Crippen LogP contribution in [-0.4, -0.2) is 19.5 Å². The van der Waals surface area contributed by atoms with Crippen LogP contribution < -0.4 is 5.73 Å². The van der Waals surface area contributed by atoms with E-state index in [1.807, 2.05) is 25.1 Å². The number of hydrogen-bond acceptors (Lipinski definition) is 3. The van der Waals surface area contributed by atoms with Crippen molar-refractivity contribution < 1.29 is 13.0 Å². The van der Waals surface area contributed by atoms with Crippen molar-refractivity contribution in [2.75, 3.05) is 6.54 Å². The van der Waals surface area contributed by atoms with Crippen LogP contribution in [0.4, 0.5) is 0 Å². The molecule has 3 N–H and O–H groups in total. The lowest BCUT2D eigenvalue weighted by molar-refractivity contribution is 0.483. The zero-order chi connectivity index (χ0) is 17.3. The highest BCUT2D eigenvalue weighted by Gasteiger charge is 2.18. The molecule has 0 aromatic heterocycles. The average Bonchev–Trinajstić information content (AvgIpc) is 2.52. The number of hydrogen-bond donors (Lipinski definition) is 2. The molecule has 2 rings (SSSR count). The normalized spacial score (nSPS) is 11.1. The summed E-state index contributed by atoms with van der Waals surface area (Å²) in [6, 6.07) is 10.9. The van der Waals surface area contributed by atoms with Gasteiger partial charge in [0.15, 0.2) is 0 Å². The van der Waals surface area contributed by atoms with Crippen LogP contribution in [0.5, 0.6) is 0 Å². The lowest BCUT2D eigenvalue weighted by atomic mass is 10.0. The number of rotatable bonds is 6. The molecule has 0 heterocycles. The van der Waals surface area contributed by atoms with E-state index in [4.69, 9.17) is 5.73 Å². The summed E-state index contributed by atoms with van der Waals surface area (Å²) in [5.41, 5.74) is 5.83. The molecule has 0 amide bonds. The van der Waals surface area contributed by atoms with Crippen molar-refractivity contribution >= 4 is 20.9 Å². The first-order chi connectivity index (χ1) is 11.0. The Hall–Kier alpha value is -1.43. The second-order valence-electron chi connectivity index (χ2n) is 5.50. The standard InChI is InChI=1S/C14H16O3S.C4H11N/c1-2-3-6-12-10-9-11-7-4-5-8-13(11)14(12)18(15,16)17;1-2-3-4-5/h4-5,7-10H,2-3,6H2,1H3,(H,15,16,17);2-5H2,1H3. The van der Waals surface area contributed by atoms with Crippen LogP contribution in [0.25, 0.3) is 10.8 Å². The van der Waals surface area contributed by atoms with E-state index in [0.717, 1.165) is 24.8 Å². The van der Waals surface area contributed by atoms with E-state index in [0.29, 0.717) is 17.4 Å². The molecule has 0 saturated heterocycles. The van der Waals surface area contributed by atoms with Crippen LogP contribution >= 0.6 is 0 Å². The third kappa shape index (κ3) is 5.94. The zero-order valence-corrected chi connectivity index (χ0v) is 14.8. The van der Waals surface area contributed by atoms with Crippen molar-refractivity contribution in [1.82, 2.24) is 0 Å². The summed E-state index contributed by atoms with van der Waals surface area (Å²) in [6.07, 6.45) is 4.94. The summed E-state index contributed by atoms with van der Waals surface area (Å²) in [6.45, 7) is 5.03. The van der Waals surface area contributed by atoms with E-state index >= 15 is 0 Å². The van der Waals surface area contributed by atoms with Crippen molar-refractivity contribution in [2.24, 2.45) is 5.73 Å². The third-order valence-electron chi connectivity index (χ3n) is 3.58. The molecule has 0 aliphatic rings. The Bertz CT molecular complexity index is 709. The van der Waals surface area contributed by atoms with Gasteiger partial charge in [0, 0.05) is 5.39 Å². The van der Waals surface area contributed by atoms with E-state index in [-0.39, 0.29) is 4.90 Å². The second kappa shape index (κ2) is 9.65. The Morgan fingerprint density at radius 3 is 2.17 bits per heavy atom. The Morgan fingerprint density at radius 2 is 1.65 bits per heavy atom. The summed E-state index contributed by atoms with van der Waals surface area (Å²) in [5.74, 6) is 0. The molecule has 0 bridgehead atoms. The van der Waals surface area contributed by atoms with Gasteiger partial charge in [0.25, 0.3) is 10.1 Å². The number of fused-ring (bicyclic) bond motifs is 1. The van der Waals surface area contributed by atoms with E-state index < -0.39 is 10.1 Å². The van der Waals surface area contributed by atoms with Crippen LogP contribution in [0, 0.1) is 0 Å². The van der Waals surface area contributed by atoms with Crippen LogP contribution in [0.2, 0.25) is 0 Å². The first-order valence-electron chi connectivity index (χ1n) is 8.13. The van der Waals surface area contributed by atoms with E-state index in [2.05, 4.69) is 6.92 Å². The topological polar surface area (TPSA) is 80.4 Å². The van der Waals surface area contributed by atoms with Crippen LogP contribution in [0.1, 0.15) is 45.1 Å². The third-order valence-corrected chi connectivity index (χ3v) is 4.57. The Balaban J connectivity index is 0.000000463. The van der Waals surface area contributed by atoms with Crippen molar-refractivity contribution in [3.05, 3.63) is 42.0 Å². The van der Waals surface area contributed by atoms with Gasteiger partial charge in [-0.25, -0.2) is 0 Å². The van der Waals surface area contributed by atoms with E-state index in [1.54, 1.807) is 18.2 Å². The first kappa shape index (κ1) is 19.6. The predicted molar refractivity (Wildman–Crippen MR) is 96.3 cm³/mol. The molecular formula is C18H27NO3S. The van der Waals surface area contributed by atoms with Crippen LogP contribution in [0.15, 0.2) is 41.3 Å². The summed E-state index contributed by atoms with van der Waals surface area (Å²) in [5, 5.41) is 1.42. The zero-order valence-electron chi connectivity index (χ0n) is 14.0. The number of unbranched alkanes of at least 4 members (excludes halogenated alkanes) is 2. The molecule has 0 saturated carbocycles. The minimum Gasteiger partial charge on any atom is -0.330 e. The molecule has 0 spiro atoms. The highest BCUT2D eigenvalue weighted by molar-refractivity contribution is 7.86. The lowest BCUT2D eigenvalue weighted by Gasteiger charge is -2.10. The Morgan fingerprint density at radius 1 is 1.00 bits per heavy atom. The number of benzene rings is 2. The maximum atomic E-state index is 11.6. The predicted octanol–water partition coefficient (Wildman–Crippen LogP) is 4.17. The van der Waals surface area contributed by atoms with Gasteiger partial charge in [-0.1, -0.05) is 63.1 Å². The molecule has 0 atom stereocenters. The molecule has 0 aliphatic carbocycles. The fourth-order valence-electron chi connectivity index (χ4n) is 2.36. The maximum Gasteiger partial charge on any atom is 0.295 e. The molecule has 23 heavy (non-hydrogen) atoms. The number of nitrogens with two attached hydrogens (primary N) is 1. The van der Waals surface area contributed by atoms with Gasteiger partial charge in [0.1, 0.15) is 4.90 Å². The summed E-state index contributed by atoms with van der Waals surface area (Å²) in [4.78, 5) is 0.0639. The smallest absolute Gasteiger partial charge is 0.295 e. The van der Waals surface area contributed by atoms with E-state index in [1.165, 1.54) is 12.8 Å². The second-order valence-corrected chi connectivity index (χ2v) is 6.85. The summed E-state index contributed by atoms with van der Waals surface area (Å²) in [7, 11) is -4.19. The Labute approximate surface area is 139 Å². The summed E-state index contributed by atoms with van der Waals surface area (Å²) < 4.78 is 32.6. The minimum atomic E-state index is -4.19. The maximum absolute atomic E-state index is 11.6. The van der Waals surface area contributed by atoms with Crippen LogP contribution in [0.3, 0.4) is 0 Å². The average molecular weight is 337 g/mol. The first-order valence-corrected chi connectivity index (χ1v) is 9.57.